The standard InChI is InChI=1S/C11H18N4O/c1-8(6-10(12)16)14-11-4-5-13-15(11)7-9-2-3-9/h4-5,8-9,14H,2-3,6-7H2,1H3,(H2,12,16). The van der Waals surface area contributed by atoms with E-state index in [1.165, 1.54) is 12.8 Å². The average molecular weight is 222 g/mol. The summed E-state index contributed by atoms with van der Waals surface area (Å²) in [5.74, 6) is 1.47. The molecule has 1 atom stereocenters. The number of aromatic nitrogens is 2. The van der Waals surface area contributed by atoms with E-state index in [0.717, 1.165) is 18.3 Å². The number of rotatable bonds is 6. The molecule has 0 aliphatic heterocycles. The highest BCUT2D eigenvalue weighted by Crippen LogP contribution is 2.31. The van der Waals surface area contributed by atoms with Crippen molar-refractivity contribution in [2.24, 2.45) is 11.7 Å². The zero-order valence-corrected chi connectivity index (χ0v) is 9.52. The molecule has 0 radical (unpaired) electrons. The van der Waals surface area contributed by atoms with E-state index in [1.54, 1.807) is 6.20 Å². The Kier molecular flexibility index (Phi) is 3.12. The van der Waals surface area contributed by atoms with Crippen LogP contribution in [0.15, 0.2) is 12.3 Å². The second kappa shape index (κ2) is 4.55. The Balaban J connectivity index is 1.91. The number of amides is 1. The minimum Gasteiger partial charge on any atom is -0.370 e. The summed E-state index contributed by atoms with van der Waals surface area (Å²) in [5.41, 5.74) is 5.15. The normalized spacial score (nSPS) is 17.1. The van der Waals surface area contributed by atoms with Gasteiger partial charge in [-0.3, -0.25) is 4.79 Å². The Morgan fingerprint density at radius 2 is 2.50 bits per heavy atom. The molecule has 1 aromatic heterocycles. The van der Waals surface area contributed by atoms with Gasteiger partial charge in [0.1, 0.15) is 5.82 Å². The maximum atomic E-state index is 10.8. The van der Waals surface area contributed by atoms with E-state index < -0.39 is 0 Å². The molecule has 5 heteroatoms. The van der Waals surface area contributed by atoms with E-state index in [-0.39, 0.29) is 11.9 Å². The Morgan fingerprint density at radius 1 is 1.75 bits per heavy atom. The summed E-state index contributed by atoms with van der Waals surface area (Å²) in [7, 11) is 0. The van der Waals surface area contributed by atoms with Crippen molar-refractivity contribution in [1.29, 1.82) is 0 Å². The van der Waals surface area contributed by atoms with Crippen molar-refractivity contribution in [1.82, 2.24) is 9.78 Å². The molecule has 1 aliphatic rings. The Bertz CT molecular complexity index is 370. The molecule has 88 valence electrons. The van der Waals surface area contributed by atoms with Crippen molar-refractivity contribution in [3.05, 3.63) is 12.3 Å². The quantitative estimate of drug-likeness (QED) is 0.753. The molecule has 1 saturated carbocycles. The predicted octanol–water partition coefficient (Wildman–Crippen LogP) is 0.969. The van der Waals surface area contributed by atoms with Gasteiger partial charge in [0.2, 0.25) is 5.91 Å². The van der Waals surface area contributed by atoms with E-state index >= 15 is 0 Å². The van der Waals surface area contributed by atoms with Gasteiger partial charge in [-0.05, 0) is 25.7 Å². The summed E-state index contributed by atoms with van der Waals surface area (Å²) in [5, 5.41) is 7.52. The Morgan fingerprint density at radius 3 is 3.12 bits per heavy atom. The number of primary amides is 1. The zero-order valence-electron chi connectivity index (χ0n) is 9.52. The third-order valence-electron chi connectivity index (χ3n) is 2.75. The van der Waals surface area contributed by atoms with Gasteiger partial charge in [-0.15, -0.1) is 0 Å². The van der Waals surface area contributed by atoms with E-state index in [4.69, 9.17) is 5.73 Å². The molecule has 16 heavy (non-hydrogen) atoms. The highest BCUT2D eigenvalue weighted by Gasteiger charge is 2.23. The monoisotopic (exact) mass is 222 g/mol. The minimum absolute atomic E-state index is 0.0483. The van der Waals surface area contributed by atoms with Crippen LogP contribution in [0.3, 0.4) is 0 Å². The highest BCUT2D eigenvalue weighted by atomic mass is 16.1. The van der Waals surface area contributed by atoms with E-state index in [1.807, 2.05) is 17.7 Å². The van der Waals surface area contributed by atoms with Gasteiger partial charge in [-0.1, -0.05) is 0 Å². The van der Waals surface area contributed by atoms with Gasteiger partial charge in [-0.25, -0.2) is 4.68 Å². The molecule has 0 bridgehead atoms. The Hall–Kier alpha value is -1.52. The molecule has 1 amide bonds. The van der Waals surface area contributed by atoms with Crippen molar-refractivity contribution in [3.8, 4) is 0 Å². The first-order chi connectivity index (χ1) is 7.65. The molecule has 1 heterocycles. The highest BCUT2D eigenvalue weighted by molar-refractivity contribution is 5.74. The van der Waals surface area contributed by atoms with Crippen LogP contribution in [-0.2, 0) is 11.3 Å². The summed E-state index contributed by atoms with van der Waals surface area (Å²) in [6.07, 6.45) is 4.72. The number of hydrogen-bond acceptors (Lipinski definition) is 3. The van der Waals surface area contributed by atoms with Gasteiger partial charge < -0.3 is 11.1 Å². The molecule has 1 aromatic rings. The van der Waals surface area contributed by atoms with Crippen LogP contribution >= 0.6 is 0 Å². The zero-order chi connectivity index (χ0) is 11.5. The first-order valence-corrected chi connectivity index (χ1v) is 5.72. The topological polar surface area (TPSA) is 72.9 Å². The third-order valence-corrected chi connectivity index (χ3v) is 2.75. The average Bonchev–Trinajstić information content (AvgIpc) is 2.88. The van der Waals surface area contributed by atoms with Crippen LogP contribution in [0.2, 0.25) is 0 Å². The van der Waals surface area contributed by atoms with E-state index in [2.05, 4.69) is 10.4 Å². The van der Waals surface area contributed by atoms with Crippen LogP contribution in [0.25, 0.3) is 0 Å². The van der Waals surface area contributed by atoms with Crippen molar-refractivity contribution in [3.63, 3.8) is 0 Å². The first-order valence-electron chi connectivity index (χ1n) is 5.72. The van der Waals surface area contributed by atoms with Crippen molar-refractivity contribution in [2.45, 2.75) is 38.8 Å². The summed E-state index contributed by atoms with van der Waals surface area (Å²) in [6.45, 7) is 2.91. The maximum Gasteiger partial charge on any atom is 0.219 e. The SMILES string of the molecule is CC(CC(N)=O)Nc1ccnn1CC1CC1. The van der Waals surface area contributed by atoms with Gasteiger partial charge in [0.15, 0.2) is 0 Å². The van der Waals surface area contributed by atoms with Gasteiger partial charge in [0, 0.05) is 25.1 Å². The summed E-state index contributed by atoms with van der Waals surface area (Å²) < 4.78 is 1.97. The van der Waals surface area contributed by atoms with E-state index in [9.17, 15) is 4.79 Å². The second-order valence-corrected chi connectivity index (χ2v) is 4.56. The number of carbonyl (C=O) groups is 1. The van der Waals surface area contributed by atoms with Gasteiger partial charge in [0.05, 0.1) is 6.20 Å². The maximum absolute atomic E-state index is 10.8. The summed E-state index contributed by atoms with van der Waals surface area (Å²) in [4.78, 5) is 10.8. The van der Waals surface area contributed by atoms with E-state index in [0.29, 0.717) is 6.42 Å². The first kappa shape index (κ1) is 11.0. The number of hydrogen-bond donors (Lipinski definition) is 2. The summed E-state index contributed by atoms with van der Waals surface area (Å²) >= 11 is 0. The lowest BCUT2D eigenvalue weighted by Gasteiger charge is -2.14. The number of carbonyl (C=O) groups excluding carboxylic acids is 1. The fraction of sp³-hybridized carbons (Fsp3) is 0.636. The molecular weight excluding hydrogens is 204 g/mol. The molecule has 5 nitrogen and oxygen atoms in total. The Labute approximate surface area is 95.0 Å². The molecule has 1 unspecified atom stereocenters. The van der Waals surface area contributed by atoms with Crippen LogP contribution in [0, 0.1) is 5.92 Å². The molecule has 2 rings (SSSR count). The molecule has 0 aromatic carbocycles. The number of nitrogens with one attached hydrogen (secondary N) is 1. The largest absolute Gasteiger partial charge is 0.370 e. The lowest BCUT2D eigenvalue weighted by atomic mass is 10.2. The van der Waals surface area contributed by atoms with Crippen LogP contribution < -0.4 is 11.1 Å². The van der Waals surface area contributed by atoms with Gasteiger partial charge in [-0.2, -0.15) is 5.10 Å². The van der Waals surface area contributed by atoms with Crippen LogP contribution in [-0.4, -0.2) is 21.7 Å². The van der Waals surface area contributed by atoms with Gasteiger partial charge in [0.25, 0.3) is 0 Å². The minimum atomic E-state index is -0.284. The summed E-state index contributed by atoms with van der Waals surface area (Å²) in [6, 6.07) is 1.98. The smallest absolute Gasteiger partial charge is 0.219 e. The van der Waals surface area contributed by atoms with Crippen molar-refractivity contribution in [2.75, 3.05) is 5.32 Å². The third kappa shape index (κ3) is 2.98. The molecular formula is C11H18N4O. The van der Waals surface area contributed by atoms with Crippen LogP contribution in [0.1, 0.15) is 26.2 Å². The molecule has 1 fully saturated rings. The number of nitrogens with two attached hydrogens (primary N) is 1. The fourth-order valence-electron chi connectivity index (χ4n) is 1.75. The van der Waals surface area contributed by atoms with Crippen molar-refractivity contribution < 1.29 is 4.79 Å². The number of anilines is 1. The molecule has 0 saturated heterocycles. The molecule has 0 spiro atoms. The van der Waals surface area contributed by atoms with Crippen LogP contribution in [0.5, 0.6) is 0 Å². The molecule has 1 aliphatic carbocycles. The van der Waals surface area contributed by atoms with Crippen molar-refractivity contribution >= 4 is 11.7 Å². The lowest BCUT2D eigenvalue weighted by Crippen LogP contribution is -2.25. The molecule has 3 N–H and O–H groups in total. The lowest BCUT2D eigenvalue weighted by molar-refractivity contribution is -0.118. The predicted molar refractivity (Wildman–Crippen MR) is 61.8 cm³/mol. The second-order valence-electron chi connectivity index (χ2n) is 4.56. The van der Waals surface area contributed by atoms with Gasteiger partial charge >= 0.3 is 0 Å². The number of nitrogens with zero attached hydrogens (tertiary/aromatic N) is 2. The van der Waals surface area contributed by atoms with Crippen LogP contribution in [0.4, 0.5) is 5.82 Å². The fourth-order valence-corrected chi connectivity index (χ4v) is 1.75.